The zero-order valence-electron chi connectivity index (χ0n) is 73.1. The molecule has 126 heavy (non-hydrogen) atoms. The summed E-state index contributed by atoms with van der Waals surface area (Å²) in [5.74, 6) is -5.74. The quantitative estimate of drug-likeness (QED) is 0.0135. The summed E-state index contributed by atoms with van der Waals surface area (Å²) in [4.78, 5) is 151. The number of Topliss-reactive ketones (excluding diaryl/α,β-unsaturated/α-hetero) is 3. The van der Waals surface area contributed by atoms with Crippen LogP contribution in [0.3, 0.4) is 0 Å². The second kappa shape index (κ2) is 41.2. The molecule has 666 valence electrons. The first-order valence-electron chi connectivity index (χ1n) is 43.1. The standard InChI is InChI=1S/3C31H35N3O6.C4H8O2/c3*1-4-12-33-24-9-7-6-8-23(24)31(30(33)38)26(27(35)22-10-11-25(21(3)20-22)40-17-5-2)28(36)29(37)34(31)14-13-32-15-18-39-19-16-32;1-3-6-4(2)5/h3*5-11,20,35H,2,4,12-19H2,1,3H3;3H2,1-2H3/b3*27-26-;. The number of esters is 1. The minimum atomic E-state index is -1.76. The molecular formula is C97H113N9O20. The Kier molecular flexibility index (Phi) is 30.3. The molecule has 6 saturated heterocycles. The van der Waals surface area contributed by atoms with Gasteiger partial charge in [0.1, 0.15) is 54.3 Å². The topological polar surface area (TPSA) is 325 Å². The number of hydrogen-bond acceptors (Lipinski definition) is 23. The van der Waals surface area contributed by atoms with Crippen LogP contribution >= 0.6 is 0 Å². The summed E-state index contributed by atoms with van der Waals surface area (Å²) in [6, 6.07) is 36.8. The van der Waals surface area contributed by atoms with Crippen LogP contribution in [0.1, 0.15) is 104 Å². The van der Waals surface area contributed by atoms with Crippen molar-refractivity contribution < 1.29 is 96.4 Å². The number of anilines is 3. The van der Waals surface area contributed by atoms with E-state index in [1.807, 2.05) is 77.9 Å². The number of fused-ring (bicyclic) bond motifs is 6. The number of likely N-dealkylation sites (tertiary alicyclic amines) is 3. The summed E-state index contributed by atoms with van der Waals surface area (Å²) in [6.45, 7) is 37.8. The summed E-state index contributed by atoms with van der Waals surface area (Å²) >= 11 is 0. The monoisotopic (exact) mass is 1720 g/mol. The Balaban J connectivity index is 0.000000166. The van der Waals surface area contributed by atoms with Crippen molar-refractivity contribution in [2.45, 2.75) is 91.3 Å². The number of benzene rings is 6. The Morgan fingerprint density at radius 1 is 0.389 bits per heavy atom. The minimum Gasteiger partial charge on any atom is -0.507 e. The highest BCUT2D eigenvalue weighted by Gasteiger charge is 2.70. The molecule has 9 heterocycles. The van der Waals surface area contributed by atoms with Crippen LogP contribution < -0.4 is 28.9 Å². The normalized spacial score (nSPS) is 21.6. The number of amides is 6. The van der Waals surface area contributed by atoms with Crippen LogP contribution in [0.15, 0.2) is 182 Å². The van der Waals surface area contributed by atoms with Gasteiger partial charge in [-0.2, -0.15) is 0 Å². The van der Waals surface area contributed by atoms with Gasteiger partial charge in [0, 0.05) is 138 Å². The van der Waals surface area contributed by atoms with Crippen LogP contribution in [0, 0.1) is 20.8 Å². The number of hydrogen-bond donors (Lipinski definition) is 3. The fraction of sp³-hybridized carbons (Fsp3) is 0.402. The minimum absolute atomic E-state index is 0.148. The number of aryl methyl sites for hydroxylation is 3. The molecule has 29 heteroatoms. The second-order valence-corrected chi connectivity index (χ2v) is 31.6. The fourth-order valence-electron chi connectivity index (χ4n) is 18.0. The average Bonchev–Trinajstić information content (AvgIpc) is 1.53. The van der Waals surface area contributed by atoms with Crippen molar-refractivity contribution >= 4 is 93.1 Å². The smallest absolute Gasteiger partial charge is 0.302 e. The molecule has 0 saturated carbocycles. The molecule has 9 aliphatic heterocycles. The number of aliphatic hydroxyl groups is 3. The fourth-order valence-corrected chi connectivity index (χ4v) is 18.0. The van der Waals surface area contributed by atoms with Gasteiger partial charge in [0.25, 0.3) is 52.8 Å². The van der Waals surface area contributed by atoms with Crippen LogP contribution in [-0.4, -0.2) is 268 Å². The highest BCUT2D eigenvalue weighted by molar-refractivity contribution is 6.51. The van der Waals surface area contributed by atoms with E-state index in [0.717, 1.165) is 16.7 Å². The lowest BCUT2D eigenvalue weighted by molar-refractivity contribution is -0.144. The third-order valence-corrected chi connectivity index (χ3v) is 23.8. The molecule has 29 nitrogen and oxygen atoms in total. The van der Waals surface area contributed by atoms with E-state index in [2.05, 4.69) is 39.2 Å². The van der Waals surface area contributed by atoms with E-state index in [1.54, 1.807) is 131 Å². The maximum Gasteiger partial charge on any atom is 0.302 e. The van der Waals surface area contributed by atoms with Gasteiger partial charge < -0.3 is 77.9 Å². The molecule has 3 N–H and O–H groups in total. The molecule has 3 atom stereocenters. The number of carbonyl (C=O) groups excluding carboxylic acids is 10. The van der Waals surface area contributed by atoms with Crippen molar-refractivity contribution in [2.24, 2.45) is 0 Å². The third-order valence-electron chi connectivity index (χ3n) is 23.8. The first-order valence-corrected chi connectivity index (χ1v) is 43.1. The summed E-state index contributed by atoms with van der Waals surface area (Å²) in [5.41, 5.74) is 0.790. The van der Waals surface area contributed by atoms with Gasteiger partial charge in [0.15, 0.2) is 16.6 Å². The van der Waals surface area contributed by atoms with Gasteiger partial charge in [-0.1, -0.05) is 113 Å². The molecule has 3 spiro atoms. The van der Waals surface area contributed by atoms with Crippen molar-refractivity contribution in [3.63, 3.8) is 0 Å². The summed E-state index contributed by atoms with van der Waals surface area (Å²) < 4.78 is 37.8. The molecule has 0 radical (unpaired) electrons. The van der Waals surface area contributed by atoms with Crippen LogP contribution in [0.4, 0.5) is 17.1 Å². The maximum atomic E-state index is 14.5. The number of nitrogens with zero attached hydrogens (tertiary/aromatic N) is 9. The van der Waals surface area contributed by atoms with E-state index >= 15 is 0 Å². The zero-order valence-corrected chi connectivity index (χ0v) is 73.1. The molecule has 6 aromatic rings. The number of carbonyl (C=O) groups is 10. The van der Waals surface area contributed by atoms with Crippen molar-refractivity contribution in [3.05, 3.63) is 232 Å². The van der Waals surface area contributed by atoms with E-state index in [4.69, 9.17) is 28.4 Å². The van der Waals surface area contributed by atoms with Gasteiger partial charge in [-0.05, 0) is 136 Å². The van der Waals surface area contributed by atoms with Crippen molar-refractivity contribution in [1.82, 2.24) is 29.4 Å². The molecule has 0 bridgehead atoms. The second-order valence-electron chi connectivity index (χ2n) is 31.6. The molecule has 0 aliphatic carbocycles. The van der Waals surface area contributed by atoms with E-state index in [1.165, 1.54) is 21.6 Å². The molecule has 6 fully saturated rings. The SMILES string of the molecule is C=CCOc1ccc(/C(O)=C2\C(=O)C(=O)N(CCN3CCOCC3)C23C(=O)N(CCC)c2ccccc23)cc1C.C=CCOc1ccc(/C(O)=C2\C(=O)C(=O)N(CCN3CCOCC3)C23C(=O)N(CCC)c2ccccc23)cc1C.C=CCOc1ccc(/C(O)=C2\C(=O)C(=O)N(CCN3CCOCC3)C23C(=O)N(CCC)c2ccccc23)cc1C.CCOC(C)=O. The lowest BCUT2D eigenvalue weighted by atomic mass is 9.81. The number of rotatable bonds is 28. The number of aliphatic hydroxyl groups excluding tert-OH is 3. The summed E-state index contributed by atoms with van der Waals surface area (Å²) in [6.07, 6.45) is 6.95. The zero-order chi connectivity index (χ0) is 90.3. The molecule has 3 unspecified atom stereocenters. The molecule has 9 aliphatic rings. The lowest BCUT2D eigenvalue weighted by Crippen LogP contribution is -2.54. The molecule has 15 rings (SSSR count). The number of morpholine rings is 3. The third kappa shape index (κ3) is 17.6. The van der Waals surface area contributed by atoms with Crippen molar-refractivity contribution in [3.8, 4) is 17.2 Å². The van der Waals surface area contributed by atoms with Gasteiger partial charge in [0.05, 0.1) is 80.0 Å². The average molecular weight is 1730 g/mol. The van der Waals surface area contributed by atoms with Gasteiger partial charge in [-0.25, -0.2) is 0 Å². The van der Waals surface area contributed by atoms with E-state index in [0.29, 0.717) is 232 Å². The van der Waals surface area contributed by atoms with Gasteiger partial charge >= 0.3 is 5.97 Å². The Morgan fingerprint density at radius 2 is 0.651 bits per heavy atom. The Labute approximate surface area is 734 Å². The first-order chi connectivity index (χ1) is 60.8. The number of para-hydroxylation sites is 3. The molecular weight excluding hydrogens is 1610 g/mol. The number of ketones is 3. The molecule has 6 amide bonds. The Morgan fingerprint density at radius 3 is 0.873 bits per heavy atom. The van der Waals surface area contributed by atoms with E-state index in [9.17, 15) is 63.3 Å². The molecule has 0 aromatic heterocycles. The van der Waals surface area contributed by atoms with Crippen LogP contribution in [0.5, 0.6) is 17.2 Å². The van der Waals surface area contributed by atoms with Crippen LogP contribution in [-0.2, 0) is 83.5 Å². The predicted octanol–water partition coefficient (Wildman–Crippen LogP) is 10.2. The van der Waals surface area contributed by atoms with Crippen molar-refractivity contribution in [2.75, 3.05) is 179 Å². The summed E-state index contributed by atoms with van der Waals surface area (Å²) in [7, 11) is 0. The van der Waals surface area contributed by atoms with E-state index < -0.39 is 69.4 Å². The lowest BCUT2D eigenvalue weighted by Gasteiger charge is -2.36. The summed E-state index contributed by atoms with van der Waals surface area (Å²) in [5, 5.41) is 35.2. The van der Waals surface area contributed by atoms with Gasteiger partial charge in [-0.3, -0.25) is 62.6 Å². The highest BCUT2D eigenvalue weighted by atomic mass is 16.5. The predicted molar refractivity (Wildman–Crippen MR) is 476 cm³/mol. The largest absolute Gasteiger partial charge is 0.507 e. The first kappa shape index (κ1) is 92.8. The molecule has 6 aromatic carbocycles. The Hall–Kier alpha value is -12.4. The van der Waals surface area contributed by atoms with Crippen molar-refractivity contribution in [1.29, 1.82) is 0 Å². The van der Waals surface area contributed by atoms with Gasteiger partial charge in [-0.15, -0.1) is 0 Å². The van der Waals surface area contributed by atoms with Gasteiger partial charge in [0.2, 0.25) is 0 Å². The maximum absolute atomic E-state index is 14.5. The van der Waals surface area contributed by atoms with E-state index in [-0.39, 0.29) is 59.6 Å². The van der Waals surface area contributed by atoms with Crippen LogP contribution in [0.2, 0.25) is 0 Å². The highest BCUT2D eigenvalue weighted by Crippen LogP contribution is 2.57. The Bertz CT molecular complexity index is 4790. The van der Waals surface area contributed by atoms with Crippen LogP contribution in [0.25, 0.3) is 17.3 Å². The number of ether oxygens (including phenoxy) is 7.